The first kappa shape index (κ1) is 14.5. The largest absolute Gasteiger partial charge is 0.352 e. The third kappa shape index (κ3) is 2.56. The Kier molecular flexibility index (Phi) is 3.47. The molecule has 23 heavy (non-hydrogen) atoms. The summed E-state index contributed by atoms with van der Waals surface area (Å²) < 4.78 is 1.96. The Balaban J connectivity index is 1.49. The molecule has 1 aromatic heterocycles. The van der Waals surface area contributed by atoms with Crippen LogP contribution in [0.2, 0.25) is 0 Å². The van der Waals surface area contributed by atoms with Crippen molar-refractivity contribution in [2.75, 3.05) is 0 Å². The van der Waals surface area contributed by atoms with Crippen LogP contribution in [-0.2, 0) is 11.3 Å². The Hall–Kier alpha value is -2.10. The van der Waals surface area contributed by atoms with E-state index in [0.717, 1.165) is 22.6 Å². The lowest BCUT2D eigenvalue weighted by Gasteiger charge is -2.12. The predicted octanol–water partition coefficient (Wildman–Crippen LogP) is 3.15. The van der Waals surface area contributed by atoms with Crippen LogP contribution < -0.4 is 5.32 Å². The first-order valence-corrected chi connectivity index (χ1v) is 8.54. The molecule has 2 unspecified atom stereocenters. The molecule has 0 bridgehead atoms. The van der Waals surface area contributed by atoms with Gasteiger partial charge < -0.3 is 5.32 Å². The first-order chi connectivity index (χ1) is 11.1. The fraction of sp³-hybridized carbons (Fsp3) is 0.474. The molecule has 2 aliphatic carbocycles. The third-order valence-electron chi connectivity index (χ3n) is 5.39. The molecule has 1 aromatic carbocycles. The van der Waals surface area contributed by atoms with Gasteiger partial charge in [0.25, 0.3) is 0 Å². The van der Waals surface area contributed by atoms with Crippen LogP contribution in [0.5, 0.6) is 0 Å². The number of carbonyl (C=O) groups excluding carboxylic acids is 1. The van der Waals surface area contributed by atoms with Crippen molar-refractivity contribution in [1.29, 1.82) is 0 Å². The molecule has 2 aliphatic rings. The van der Waals surface area contributed by atoms with Crippen molar-refractivity contribution in [2.45, 2.75) is 39.7 Å². The molecule has 0 spiro atoms. The number of hydrogen-bond acceptors (Lipinski definition) is 2. The van der Waals surface area contributed by atoms with Gasteiger partial charge in [-0.05, 0) is 56.2 Å². The quantitative estimate of drug-likeness (QED) is 0.943. The monoisotopic (exact) mass is 309 g/mol. The summed E-state index contributed by atoms with van der Waals surface area (Å²) in [6.45, 7) is 4.63. The number of nitrogens with zero attached hydrogens (tertiary/aromatic N) is 2. The van der Waals surface area contributed by atoms with Crippen LogP contribution >= 0.6 is 0 Å². The van der Waals surface area contributed by atoms with E-state index in [9.17, 15) is 4.79 Å². The maximum absolute atomic E-state index is 12.4. The Labute approximate surface area is 136 Å². The zero-order valence-electron chi connectivity index (χ0n) is 13.7. The van der Waals surface area contributed by atoms with Crippen molar-refractivity contribution in [2.24, 2.45) is 17.8 Å². The van der Waals surface area contributed by atoms with Crippen LogP contribution in [-0.4, -0.2) is 15.7 Å². The second-order valence-electron chi connectivity index (χ2n) is 6.97. The summed E-state index contributed by atoms with van der Waals surface area (Å²) in [7, 11) is 0. The number of amides is 1. The highest BCUT2D eigenvalue weighted by Crippen LogP contribution is 2.57. The topological polar surface area (TPSA) is 46.9 Å². The second-order valence-corrected chi connectivity index (χ2v) is 6.97. The summed E-state index contributed by atoms with van der Waals surface area (Å²) in [6, 6.07) is 10.2. The van der Waals surface area contributed by atoms with Gasteiger partial charge in [0.05, 0.1) is 11.4 Å². The first-order valence-electron chi connectivity index (χ1n) is 8.54. The lowest BCUT2D eigenvalue weighted by molar-refractivity contribution is -0.123. The molecule has 2 saturated carbocycles. The van der Waals surface area contributed by atoms with Gasteiger partial charge in [-0.2, -0.15) is 5.10 Å². The highest BCUT2D eigenvalue weighted by atomic mass is 16.2. The highest BCUT2D eigenvalue weighted by Gasteiger charge is 2.56. The van der Waals surface area contributed by atoms with Crippen LogP contribution in [0.3, 0.4) is 0 Å². The summed E-state index contributed by atoms with van der Waals surface area (Å²) in [5.74, 6) is 1.86. The molecule has 0 radical (unpaired) electrons. The molecule has 1 heterocycles. The number of aryl methyl sites for hydroxylation is 2. The second kappa shape index (κ2) is 5.52. The molecule has 120 valence electrons. The highest BCUT2D eigenvalue weighted by molar-refractivity contribution is 5.82. The van der Waals surface area contributed by atoms with E-state index in [2.05, 4.69) is 35.5 Å². The zero-order chi connectivity index (χ0) is 16.0. The van der Waals surface area contributed by atoms with Crippen molar-refractivity contribution in [3.05, 3.63) is 47.3 Å². The molecule has 2 atom stereocenters. The van der Waals surface area contributed by atoms with Crippen LogP contribution in [0.4, 0.5) is 0 Å². The van der Waals surface area contributed by atoms with Gasteiger partial charge in [-0.15, -0.1) is 0 Å². The number of fused-ring (bicyclic) bond motifs is 1. The summed E-state index contributed by atoms with van der Waals surface area (Å²) in [4.78, 5) is 12.4. The molecule has 4 nitrogen and oxygen atoms in total. The average molecular weight is 309 g/mol. The molecule has 2 fully saturated rings. The smallest absolute Gasteiger partial charge is 0.223 e. The van der Waals surface area contributed by atoms with Crippen LogP contribution in [0, 0.1) is 31.6 Å². The fourth-order valence-corrected chi connectivity index (χ4v) is 4.25. The predicted molar refractivity (Wildman–Crippen MR) is 89.2 cm³/mol. The van der Waals surface area contributed by atoms with Gasteiger partial charge in [0.1, 0.15) is 0 Å². The number of aromatic nitrogens is 2. The lowest BCUT2D eigenvalue weighted by atomic mass is 10.1. The van der Waals surface area contributed by atoms with E-state index < -0.39 is 0 Å². The molecule has 0 saturated heterocycles. The van der Waals surface area contributed by atoms with Gasteiger partial charge in [-0.3, -0.25) is 4.79 Å². The van der Waals surface area contributed by atoms with Crippen LogP contribution in [0.1, 0.15) is 36.2 Å². The lowest BCUT2D eigenvalue weighted by Crippen LogP contribution is -2.26. The Morgan fingerprint density at radius 3 is 2.70 bits per heavy atom. The summed E-state index contributed by atoms with van der Waals surface area (Å²) >= 11 is 0. The van der Waals surface area contributed by atoms with Gasteiger partial charge in [-0.25, -0.2) is 4.68 Å². The van der Waals surface area contributed by atoms with Crippen molar-refractivity contribution < 1.29 is 4.79 Å². The maximum atomic E-state index is 12.4. The van der Waals surface area contributed by atoms with Crippen molar-refractivity contribution >= 4 is 5.91 Å². The minimum absolute atomic E-state index is 0.239. The fourth-order valence-electron chi connectivity index (χ4n) is 4.25. The molecule has 2 aromatic rings. The minimum Gasteiger partial charge on any atom is -0.352 e. The van der Waals surface area contributed by atoms with Crippen LogP contribution in [0.15, 0.2) is 30.3 Å². The van der Waals surface area contributed by atoms with E-state index in [-0.39, 0.29) is 11.8 Å². The molecular weight excluding hydrogens is 286 g/mol. The van der Waals surface area contributed by atoms with Gasteiger partial charge in [0.2, 0.25) is 5.91 Å². The number of para-hydroxylation sites is 1. The Bertz CT molecular complexity index is 739. The standard InChI is InChI=1S/C19H23N3O/c1-12-10-13(2)22(21-12)17-9-4-3-6-14(17)11-20-19(23)18-15-7-5-8-16(15)18/h3-4,6,9-10,15-16,18H,5,7-8,11H2,1-2H3,(H,20,23). The van der Waals surface area contributed by atoms with E-state index in [0.29, 0.717) is 18.4 Å². The zero-order valence-corrected chi connectivity index (χ0v) is 13.7. The number of carbonyl (C=O) groups is 1. The van der Waals surface area contributed by atoms with E-state index >= 15 is 0 Å². The molecule has 1 amide bonds. The van der Waals surface area contributed by atoms with E-state index in [1.165, 1.54) is 19.3 Å². The van der Waals surface area contributed by atoms with Crippen LogP contribution in [0.25, 0.3) is 5.69 Å². The molecule has 1 N–H and O–H groups in total. The SMILES string of the molecule is Cc1cc(C)n(-c2ccccc2CNC(=O)C2C3CCCC32)n1. The molecular formula is C19H23N3O. The summed E-state index contributed by atoms with van der Waals surface area (Å²) in [5.41, 5.74) is 4.28. The number of rotatable bonds is 4. The Morgan fingerprint density at radius 1 is 1.26 bits per heavy atom. The van der Waals surface area contributed by atoms with Gasteiger partial charge in [0.15, 0.2) is 0 Å². The molecule has 4 rings (SSSR count). The number of nitrogens with one attached hydrogen (secondary N) is 1. The molecule has 0 aliphatic heterocycles. The number of benzene rings is 1. The van der Waals surface area contributed by atoms with E-state index in [4.69, 9.17) is 0 Å². The maximum Gasteiger partial charge on any atom is 0.223 e. The third-order valence-corrected chi connectivity index (χ3v) is 5.39. The number of hydrogen-bond donors (Lipinski definition) is 1. The molecule has 4 heteroatoms. The average Bonchev–Trinajstić information content (AvgIpc) is 2.86. The van der Waals surface area contributed by atoms with Crippen molar-refractivity contribution in [1.82, 2.24) is 15.1 Å². The van der Waals surface area contributed by atoms with Crippen molar-refractivity contribution in [3.63, 3.8) is 0 Å². The van der Waals surface area contributed by atoms with Gasteiger partial charge in [-0.1, -0.05) is 24.6 Å². The van der Waals surface area contributed by atoms with Gasteiger partial charge in [0, 0.05) is 18.2 Å². The normalized spacial score (nSPS) is 25.2. The van der Waals surface area contributed by atoms with E-state index in [1.807, 2.05) is 23.7 Å². The summed E-state index contributed by atoms with van der Waals surface area (Å²) in [6.07, 6.45) is 3.79. The Morgan fingerprint density at radius 2 is 2.00 bits per heavy atom. The summed E-state index contributed by atoms with van der Waals surface area (Å²) in [5, 5.41) is 7.71. The minimum atomic E-state index is 0.239. The van der Waals surface area contributed by atoms with Crippen molar-refractivity contribution in [3.8, 4) is 5.69 Å². The van der Waals surface area contributed by atoms with Gasteiger partial charge >= 0.3 is 0 Å². The van der Waals surface area contributed by atoms with E-state index in [1.54, 1.807) is 0 Å².